The van der Waals surface area contributed by atoms with Crippen LogP contribution in [0.5, 0.6) is 11.5 Å². The van der Waals surface area contributed by atoms with Gasteiger partial charge in [-0.1, -0.05) is 18.5 Å². The van der Waals surface area contributed by atoms with Crippen LogP contribution in [0, 0.1) is 12.8 Å². The molecule has 1 saturated heterocycles. The molecule has 142 valence electrons. The topological polar surface area (TPSA) is 51.9 Å². The molecule has 0 saturated carbocycles. The monoisotopic (exact) mass is 386 g/mol. The van der Waals surface area contributed by atoms with E-state index in [1.807, 2.05) is 35.7 Å². The molecule has 0 N–H and O–H groups in total. The number of nitrogens with zero attached hydrogens (tertiary/aromatic N) is 4. The Morgan fingerprint density at radius 3 is 2.59 bits per heavy atom. The van der Waals surface area contributed by atoms with Crippen molar-refractivity contribution in [3.8, 4) is 22.8 Å². The molecule has 1 atom stereocenters. The molecule has 2 aromatic heterocycles. The summed E-state index contributed by atoms with van der Waals surface area (Å²) in [4.78, 5) is 7.17. The fourth-order valence-corrected chi connectivity index (χ4v) is 3.96. The van der Waals surface area contributed by atoms with Gasteiger partial charge in [0.15, 0.2) is 22.3 Å². The van der Waals surface area contributed by atoms with Crippen molar-refractivity contribution >= 4 is 22.9 Å². The molecule has 0 radical (unpaired) electrons. The summed E-state index contributed by atoms with van der Waals surface area (Å²) in [6, 6.07) is 7.73. The van der Waals surface area contributed by atoms with Crippen LogP contribution in [0.25, 0.3) is 16.9 Å². The second kappa shape index (κ2) is 6.93. The van der Waals surface area contributed by atoms with Gasteiger partial charge in [0.05, 0.1) is 31.3 Å². The summed E-state index contributed by atoms with van der Waals surface area (Å²) >= 11 is 6.38. The first kappa shape index (κ1) is 17.9. The van der Waals surface area contributed by atoms with Crippen LogP contribution < -0.4 is 14.4 Å². The number of benzene rings is 1. The van der Waals surface area contributed by atoms with E-state index >= 15 is 0 Å². The largest absolute Gasteiger partial charge is 0.493 e. The summed E-state index contributed by atoms with van der Waals surface area (Å²) in [5.41, 5.74) is 4.62. The van der Waals surface area contributed by atoms with Gasteiger partial charge >= 0.3 is 0 Å². The molecular weight excluding hydrogens is 364 g/mol. The van der Waals surface area contributed by atoms with E-state index in [4.69, 9.17) is 26.1 Å². The van der Waals surface area contributed by atoms with Crippen LogP contribution in [0.1, 0.15) is 19.0 Å². The third-order valence-corrected chi connectivity index (χ3v) is 5.32. The van der Waals surface area contributed by atoms with Crippen LogP contribution in [0.4, 0.5) is 5.69 Å². The van der Waals surface area contributed by atoms with Crippen molar-refractivity contribution in [1.29, 1.82) is 0 Å². The average molecular weight is 387 g/mol. The Hall–Kier alpha value is -2.47. The van der Waals surface area contributed by atoms with Gasteiger partial charge in [-0.05, 0) is 37.5 Å². The lowest BCUT2D eigenvalue weighted by Gasteiger charge is -2.19. The summed E-state index contributed by atoms with van der Waals surface area (Å²) in [5, 5.41) is 5.00. The van der Waals surface area contributed by atoms with Crippen LogP contribution in [-0.4, -0.2) is 41.9 Å². The molecule has 0 aliphatic carbocycles. The Kier molecular flexibility index (Phi) is 4.60. The van der Waals surface area contributed by atoms with Gasteiger partial charge in [-0.2, -0.15) is 5.10 Å². The third kappa shape index (κ3) is 3.08. The molecule has 6 nitrogen and oxygen atoms in total. The zero-order chi connectivity index (χ0) is 19.1. The lowest BCUT2D eigenvalue weighted by molar-refractivity contribution is 0.355. The molecule has 0 unspecified atom stereocenters. The van der Waals surface area contributed by atoms with E-state index in [0.29, 0.717) is 22.6 Å². The van der Waals surface area contributed by atoms with Crippen LogP contribution in [0.15, 0.2) is 24.3 Å². The smallest absolute Gasteiger partial charge is 0.178 e. The Balaban J connectivity index is 1.90. The SMILES string of the molecule is COc1ccc(-c2c(C)nc3c(N4CC[C@@H](C)C4)cc(Cl)nn23)cc1OC. The minimum Gasteiger partial charge on any atom is -0.493 e. The first-order valence-electron chi connectivity index (χ1n) is 9.05. The van der Waals surface area contributed by atoms with Crippen LogP contribution in [0.2, 0.25) is 5.15 Å². The van der Waals surface area contributed by atoms with Crippen molar-refractivity contribution in [2.45, 2.75) is 20.3 Å². The van der Waals surface area contributed by atoms with Crippen LogP contribution in [0.3, 0.4) is 0 Å². The van der Waals surface area contributed by atoms with Gasteiger partial charge in [0.25, 0.3) is 0 Å². The van der Waals surface area contributed by atoms with E-state index in [-0.39, 0.29) is 0 Å². The predicted molar refractivity (Wildman–Crippen MR) is 107 cm³/mol. The number of aromatic nitrogens is 3. The van der Waals surface area contributed by atoms with Crippen molar-refractivity contribution in [3.05, 3.63) is 35.1 Å². The molecule has 1 aromatic carbocycles. The number of hydrogen-bond donors (Lipinski definition) is 0. The number of hydrogen-bond acceptors (Lipinski definition) is 5. The van der Waals surface area contributed by atoms with Crippen molar-refractivity contribution in [1.82, 2.24) is 14.6 Å². The first-order chi connectivity index (χ1) is 13.0. The second-order valence-electron chi connectivity index (χ2n) is 7.04. The lowest BCUT2D eigenvalue weighted by Crippen LogP contribution is -2.20. The maximum atomic E-state index is 6.38. The van der Waals surface area contributed by atoms with Gasteiger partial charge in [-0.3, -0.25) is 0 Å². The van der Waals surface area contributed by atoms with Crippen molar-refractivity contribution < 1.29 is 9.47 Å². The van der Waals surface area contributed by atoms with Gasteiger partial charge in [-0.15, -0.1) is 0 Å². The number of imidazole rings is 1. The Morgan fingerprint density at radius 2 is 1.93 bits per heavy atom. The maximum Gasteiger partial charge on any atom is 0.178 e. The van der Waals surface area contributed by atoms with E-state index < -0.39 is 0 Å². The highest BCUT2D eigenvalue weighted by Gasteiger charge is 2.24. The van der Waals surface area contributed by atoms with Crippen molar-refractivity contribution in [2.24, 2.45) is 5.92 Å². The molecule has 0 spiro atoms. The fourth-order valence-electron chi connectivity index (χ4n) is 3.78. The van der Waals surface area contributed by atoms with Gasteiger partial charge < -0.3 is 14.4 Å². The lowest BCUT2D eigenvalue weighted by atomic mass is 10.1. The average Bonchev–Trinajstić information content (AvgIpc) is 3.23. The van der Waals surface area contributed by atoms with Gasteiger partial charge in [0, 0.05) is 24.7 Å². The minimum absolute atomic E-state index is 0.455. The van der Waals surface area contributed by atoms with Crippen LogP contribution in [-0.2, 0) is 0 Å². The van der Waals surface area contributed by atoms with Gasteiger partial charge in [-0.25, -0.2) is 9.50 Å². The number of fused-ring (bicyclic) bond motifs is 1. The van der Waals surface area contributed by atoms with E-state index in [1.165, 1.54) is 6.42 Å². The highest BCUT2D eigenvalue weighted by molar-refractivity contribution is 6.29. The Labute approximate surface area is 163 Å². The third-order valence-electron chi connectivity index (χ3n) is 5.13. The van der Waals surface area contributed by atoms with E-state index in [1.54, 1.807) is 14.2 Å². The number of ether oxygens (including phenoxy) is 2. The number of aryl methyl sites for hydroxylation is 1. The molecule has 4 rings (SSSR count). The highest BCUT2D eigenvalue weighted by Crippen LogP contribution is 2.36. The highest BCUT2D eigenvalue weighted by atomic mass is 35.5. The molecular formula is C20H23ClN4O2. The Bertz CT molecular complexity index is 1000. The summed E-state index contributed by atoms with van der Waals surface area (Å²) in [5.74, 6) is 2.02. The first-order valence-corrected chi connectivity index (χ1v) is 9.43. The van der Waals surface area contributed by atoms with E-state index in [9.17, 15) is 0 Å². The zero-order valence-electron chi connectivity index (χ0n) is 16.0. The Morgan fingerprint density at radius 1 is 1.15 bits per heavy atom. The molecule has 1 fully saturated rings. The second-order valence-corrected chi connectivity index (χ2v) is 7.43. The molecule has 27 heavy (non-hydrogen) atoms. The van der Waals surface area contributed by atoms with Gasteiger partial charge in [0.1, 0.15) is 0 Å². The van der Waals surface area contributed by atoms with E-state index in [0.717, 1.165) is 41.4 Å². The molecule has 0 bridgehead atoms. The maximum absolute atomic E-state index is 6.38. The van der Waals surface area contributed by atoms with Crippen molar-refractivity contribution in [2.75, 3.05) is 32.2 Å². The predicted octanol–water partition coefficient (Wildman–Crippen LogP) is 4.22. The number of methoxy groups -OCH3 is 2. The number of rotatable bonds is 4. The van der Waals surface area contributed by atoms with Crippen LogP contribution >= 0.6 is 11.6 Å². The molecule has 7 heteroatoms. The quantitative estimate of drug-likeness (QED) is 0.671. The molecule has 3 aromatic rings. The number of halogens is 1. The van der Waals surface area contributed by atoms with Gasteiger partial charge in [0.2, 0.25) is 0 Å². The molecule has 1 aliphatic heterocycles. The molecule has 3 heterocycles. The standard InChI is InChI=1S/C20H23ClN4O2/c1-12-7-8-24(11-12)15-10-18(21)23-25-19(13(2)22-20(15)25)14-5-6-16(26-3)17(9-14)27-4/h5-6,9-10,12H,7-8,11H2,1-4H3/t12-/m1/s1. The summed E-state index contributed by atoms with van der Waals surface area (Å²) in [6.07, 6.45) is 1.17. The summed E-state index contributed by atoms with van der Waals surface area (Å²) < 4.78 is 12.7. The fraction of sp³-hybridized carbons (Fsp3) is 0.400. The molecule has 1 aliphatic rings. The summed E-state index contributed by atoms with van der Waals surface area (Å²) in [7, 11) is 3.26. The number of anilines is 1. The normalized spacial score (nSPS) is 16.9. The van der Waals surface area contributed by atoms with Crippen molar-refractivity contribution in [3.63, 3.8) is 0 Å². The van der Waals surface area contributed by atoms with E-state index in [2.05, 4.69) is 16.9 Å². The zero-order valence-corrected chi connectivity index (χ0v) is 16.7. The summed E-state index contributed by atoms with van der Waals surface area (Å²) in [6.45, 7) is 6.28. The molecule has 0 amide bonds. The minimum atomic E-state index is 0.455.